The summed E-state index contributed by atoms with van der Waals surface area (Å²) in [5.41, 5.74) is 11.2. The number of fused-ring (bicyclic) bond motifs is 1. The molecule has 0 bridgehead atoms. The summed E-state index contributed by atoms with van der Waals surface area (Å²) in [7, 11) is 0. The van der Waals surface area contributed by atoms with Gasteiger partial charge in [0.2, 0.25) is 0 Å². The molecule has 1 aliphatic rings. The quantitative estimate of drug-likeness (QED) is 0.725. The van der Waals surface area contributed by atoms with Crippen LogP contribution >= 0.6 is 0 Å². The summed E-state index contributed by atoms with van der Waals surface area (Å²) < 4.78 is 6.16. The summed E-state index contributed by atoms with van der Waals surface area (Å²) in [5.74, 6) is 0.973. The first-order valence-electron chi connectivity index (χ1n) is 9.11. The summed E-state index contributed by atoms with van der Waals surface area (Å²) in [6.07, 6.45) is 0. The van der Waals surface area contributed by atoms with Gasteiger partial charge in [-0.25, -0.2) is 0 Å². The molecule has 0 aliphatic carbocycles. The van der Waals surface area contributed by atoms with Gasteiger partial charge in [0, 0.05) is 31.2 Å². The van der Waals surface area contributed by atoms with Gasteiger partial charge in [-0.05, 0) is 22.8 Å². The van der Waals surface area contributed by atoms with E-state index in [4.69, 9.17) is 10.5 Å². The van der Waals surface area contributed by atoms with Gasteiger partial charge < -0.3 is 10.5 Å². The van der Waals surface area contributed by atoms with Crippen LogP contribution in [0.4, 0.5) is 0 Å². The Bertz CT molecular complexity index is 849. The number of nitrogens with two attached hydrogens (primary N) is 1. The van der Waals surface area contributed by atoms with Gasteiger partial charge in [-0.15, -0.1) is 0 Å². The van der Waals surface area contributed by atoms with Gasteiger partial charge in [0.1, 0.15) is 12.4 Å². The Labute approximate surface area is 155 Å². The molecule has 0 fully saturated rings. The smallest absolute Gasteiger partial charge is 0.124 e. The maximum atomic E-state index is 6.16. The number of rotatable bonds is 6. The van der Waals surface area contributed by atoms with Gasteiger partial charge in [-0.1, -0.05) is 72.8 Å². The molecular formula is C23H24N2O. The summed E-state index contributed by atoms with van der Waals surface area (Å²) in [6.45, 7) is 2.97. The first kappa shape index (κ1) is 16.8. The molecule has 4 rings (SSSR count). The van der Waals surface area contributed by atoms with Crippen molar-refractivity contribution >= 4 is 0 Å². The Morgan fingerprint density at radius 1 is 0.846 bits per heavy atom. The van der Waals surface area contributed by atoms with Crippen molar-refractivity contribution in [3.05, 3.63) is 101 Å². The van der Waals surface area contributed by atoms with Gasteiger partial charge in [0.05, 0.1) is 0 Å². The predicted octanol–water partition coefficient (Wildman–Crippen LogP) is 4.28. The van der Waals surface area contributed by atoms with Crippen LogP contribution in [0.5, 0.6) is 5.75 Å². The molecule has 0 radical (unpaired) electrons. The summed E-state index contributed by atoms with van der Waals surface area (Å²) in [4.78, 5) is 2.44. The lowest BCUT2D eigenvalue weighted by atomic mass is 10.0. The van der Waals surface area contributed by atoms with Crippen LogP contribution in [0, 0.1) is 0 Å². The van der Waals surface area contributed by atoms with E-state index in [9.17, 15) is 0 Å². The van der Waals surface area contributed by atoms with Gasteiger partial charge in [0.25, 0.3) is 0 Å². The second kappa shape index (κ2) is 7.73. The van der Waals surface area contributed by atoms with Crippen LogP contribution in [0.3, 0.4) is 0 Å². The van der Waals surface area contributed by atoms with Crippen LogP contribution in [-0.4, -0.2) is 11.4 Å². The van der Waals surface area contributed by atoms with E-state index >= 15 is 0 Å². The average molecular weight is 344 g/mol. The SMILES string of the molecule is NCC1c2cccc(OCc3ccccc3)c2CN1Cc1ccccc1. The van der Waals surface area contributed by atoms with Crippen LogP contribution in [0.2, 0.25) is 0 Å². The molecule has 0 spiro atoms. The normalized spacial score (nSPS) is 16.4. The van der Waals surface area contributed by atoms with Crippen molar-refractivity contribution in [3.63, 3.8) is 0 Å². The third-order valence-corrected chi connectivity index (χ3v) is 5.02. The van der Waals surface area contributed by atoms with Crippen LogP contribution in [-0.2, 0) is 19.7 Å². The third-order valence-electron chi connectivity index (χ3n) is 5.02. The van der Waals surface area contributed by atoms with E-state index in [0.717, 1.165) is 18.8 Å². The largest absolute Gasteiger partial charge is 0.489 e. The number of ether oxygens (including phenoxy) is 1. The van der Waals surface area contributed by atoms with Crippen molar-refractivity contribution in [2.45, 2.75) is 25.7 Å². The third kappa shape index (κ3) is 3.50. The summed E-state index contributed by atoms with van der Waals surface area (Å²) in [5, 5.41) is 0. The predicted molar refractivity (Wildman–Crippen MR) is 105 cm³/mol. The second-order valence-electron chi connectivity index (χ2n) is 6.74. The molecule has 26 heavy (non-hydrogen) atoms. The van der Waals surface area contributed by atoms with E-state index in [0.29, 0.717) is 13.2 Å². The van der Waals surface area contributed by atoms with Crippen molar-refractivity contribution < 1.29 is 4.74 Å². The van der Waals surface area contributed by atoms with Gasteiger partial charge in [0.15, 0.2) is 0 Å². The Kier molecular flexibility index (Phi) is 5.00. The average Bonchev–Trinajstić information content (AvgIpc) is 3.05. The molecule has 0 saturated heterocycles. The lowest BCUT2D eigenvalue weighted by Crippen LogP contribution is -2.27. The standard InChI is InChI=1S/C23H24N2O/c24-14-22-20-12-7-13-23(26-17-19-10-5-2-6-11-19)21(20)16-25(22)15-18-8-3-1-4-9-18/h1-13,22H,14-17,24H2. The highest BCUT2D eigenvalue weighted by Gasteiger charge is 2.31. The molecule has 0 amide bonds. The van der Waals surface area contributed by atoms with E-state index in [1.165, 1.54) is 22.3 Å². The zero-order chi connectivity index (χ0) is 17.8. The molecule has 132 valence electrons. The molecule has 3 nitrogen and oxygen atoms in total. The monoisotopic (exact) mass is 344 g/mol. The molecule has 3 heteroatoms. The summed E-state index contributed by atoms with van der Waals surface area (Å²) in [6, 6.07) is 27.4. The molecule has 1 atom stereocenters. The van der Waals surface area contributed by atoms with Crippen molar-refractivity contribution in [1.29, 1.82) is 0 Å². The van der Waals surface area contributed by atoms with Crippen molar-refractivity contribution in [3.8, 4) is 5.75 Å². The minimum absolute atomic E-state index is 0.241. The molecule has 3 aromatic rings. The first-order chi connectivity index (χ1) is 12.8. The zero-order valence-corrected chi connectivity index (χ0v) is 14.8. The molecule has 3 aromatic carbocycles. The maximum Gasteiger partial charge on any atom is 0.124 e. The van der Waals surface area contributed by atoms with Gasteiger partial charge in [-0.2, -0.15) is 0 Å². The highest BCUT2D eigenvalue weighted by Crippen LogP contribution is 2.39. The Morgan fingerprint density at radius 3 is 2.23 bits per heavy atom. The van der Waals surface area contributed by atoms with Crippen LogP contribution < -0.4 is 10.5 Å². The number of hydrogen-bond donors (Lipinski definition) is 1. The van der Waals surface area contributed by atoms with Crippen molar-refractivity contribution in [2.24, 2.45) is 5.73 Å². The molecule has 1 aliphatic heterocycles. The molecule has 1 heterocycles. The van der Waals surface area contributed by atoms with E-state index in [1.54, 1.807) is 0 Å². The Hall–Kier alpha value is -2.62. The Balaban J connectivity index is 1.54. The fourth-order valence-electron chi connectivity index (χ4n) is 3.70. The first-order valence-corrected chi connectivity index (χ1v) is 9.11. The fraction of sp³-hybridized carbons (Fsp3) is 0.217. The maximum absolute atomic E-state index is 6.16. The van der Waals surface area contributed by atoms with Crippen molar-refractivity contribution in [2.75, 3.05) is 6.54 Å². The molecular weight excluding hydrogens is 320 g/mol. The highest BCUT2D eigenvalue weighted by atomic mass is 16.5. The fourth-order valence-corrected chi connectivity index (χ4v) is 3.70. The molecule has 2 N–H and O–H groups in total. The van der Waals surface area contributed by atoms with Crippen LogP contribution in [0.15, 0.2) is 78.9 Å². The highest BCUT2D eigenvalue weighted by molar-refractivity contribution is 5.45. The topological polar surface area (TPSA) is 38.5 Å². The molecule has 0 saturated carbocycles. The van der Waals surface area contributed by atoms with Crippen molar-refractivity contribution in [1.82, 2.24) is 4.90 Å². The van der Waals surface area contributed by atoms with Crippen LogP contribution in [0.25, 0.3) is 0 Å². The van der Waals surface area contributed by atoms with E-state index < -0.39 is 0 Å². The van der Waals surface area contributed by atoms with E-state index in [1.807, 2.05) is 18.2 Å². The molecule has 1 unspecified atom stereocenters. The second-order valence-corrected chi connectivity index (χ2v) is 6.74. The minimum atomic E-state index is 0.241. The lowest BCUT2D eigenvalue weighted by molar-refractivity contribution is 0.209. The van der Waals surface area contributed by atoms with Gasteiger partial charge in [-0.3, -0.25) is 4.90 Å². The minimum Gasteiger partial charge on any atom is -0.489 e. The van der Waals surface area contributed by atoms with Crippen LogP contribution in [0.1, 0.15) is 28.3 Å². The number of nitrogens with zero attached hydrogens (tertiary/aromatic N) is 1. The Morgan fingerprint density at radius 2 is 1.54 bits per heavy atom. The van der Waals surface area contributed by atoms with E-state index in [2.05, 4.69) is 65.6 Å². The molecule has 0 aromatic heterocycles. The van der Waals surface area contributed by atoms with Gasteiger partial charge >= 0.3 is 0 Å². The number of hydrogen-bond acceptors (Lipinski definition) is 3. The summed E-state index contributed by atoms with van der Waals surface area (Å²) >= 11 is 0. The van der Waals surface area contributed by atoms with E-state index in [-0.39, 0.29) is 6.04 Å². The number of benzene rings is 3. The lowest BCUT2D eigenvalue weighted by Gasteiger charge is -2.23. The zero-order valence-electron chi connectivity index (χ0n) is 14.8.